The highest BCUT2D eigenvalue weighted by Crippen LogP contribution is 2.00. The van der Waals surface area contributed by atoms with Crippen molar-refractivity contribution >= 4 is 0 Å². The number of nitriles is 1. The van der Waals surface area contributed by atoms with Crippen molar-refractivity contribution in [1.29, 1.82) is 5.26 Å². The van der Waals surface area contributed by atoms with Crippen LogP contribution in [0.25, 0.3) is 0 Å². The van der Waals surface area contributed by atoms with Crippen LogP contribution in [0.2, 0.25) is 0 Å². The van der Waals surface area contributed by atoms with E-state index in [1.807, 2.05) is 6.07 Å². The highest BCUT2D eigenvalue weighted by atomic mass is 16.5. The Morgan fingerprint density at radius 2 is 2.17 bits per heavy atom. The van der Waals surface area contributed by atoms with Crippen molar-refractivity contribution in [2.75, 3.05) is 32.8 Å². The number of nitrogens with zero attached hydrogens (tertiary/aromatic N) is 2. The predicted molar refractivity (Wildman–Crippen MR) is 43.5 cm³/mol. The van der Waals surface area contributed by atoms with Crippen LogP contribution in [0.15, 0.2) is 0 Å². The highest BCUT2D eigenvalue weighted by Gasteiger charge is 2.13. The Morgan fingerprint density at radius 3 is 2.75 bits per heavy atom. The molecule has 0 aromatic rings. The third-order valence-electron chi connectivity index (χ3n) is 1.90. The quantitative estimate of drug-likeness (QED) is 0.625. The predicted octanol–water partition coefficient (Wildman–Crippen LogP) is -0.407. The third-order valence-corrected chi connectivity index (χ3v) is 1.90. The monoisotopic (exact) mass is 170 g/mol. The number of rotatable bonds is 3. The van der Waals surface area contributed by atoms with Crippen molar-refractivity contribution in [3.05, 3.63) is 0 Å². The summed E-state index contributed by atoms with van der Waals surface area (Å²) in [6.45, 7) is 3.79. The highest BCUT2D eigenvalue weighted by molar-refractivity contribution is 4.78. The zero-order chi connectivity index (χ0) is 8.81. The molecule has 12 heavy (non-hydrogen) atoms. The minimum Gasteiger partial charge on any atom is -0.391 e. The van der Waals surface area contributed by atoms with Gasteiger partial charge in [0.05, 0.1) is 31.8 Å². The fraction of sp³-hybridized carbons (Fsp3) is 0.875. The van der Waals surface area contributed by atoms with Crippen LogP contribution >= 0.6 is 0 Å². The van der Waals surface area contributed by atoms with Gasteiger partial charge in [0.25, 0.3) is 0 Å². The van der Waals surface area contributed by atoms with E-state index in [1.165, 1.54) is 0 Å². The van der Waals surface area contributed by atoms with Gasteiger partial charge in [-0.15, -0.1) is 0 Å². The number of aliphatic hydroxyl groups excluding tert-OH is 1. The lowest BCUT2D eigenvalue weighted by Gasteiger charge is -2.27. The average molecular weight is 170 g/mol. The first kappa shape index (κ1) is 9.46. The number of hydrogen-bond donors (Lipinski definition) is 1. The molecule has 1 aliphatic rings. The van der Waals surface area contributed by atoms with Gasteiger partial charge in [0.15, 0.2) is 0 Å². The fourth-order valence-electron chi connectivity index (χ4n) is 1.25. The Hall–Kier alpha value is -0.630. The molecule has 0 spiro atoms. The van der Waals surface area contributed by atoms with Gasteiger partial charge in [-0.1, -0.05) is 0 Å². The van der Waals surface area contributed by atoms with E-state index in [-0.39, 0.29) is 6.42 Å². The summed E-state index contributed by atoms with van der Waals surface area (Å²) < 4.78 is 5.15. The van der Waals surface area contributed by atoms with Gasteiger partial charge in [0.2, 0.25) is 0 Å². The molecule has 1 saturated heterocycles. The molecule has 0 aliphatic carbocycles. The number of morpholine rings is 1. The molecule has 1 rings (SSSR count). The molecular weight excluding hydrogens is 156 g/mol. The molecule has 1 fully saturated rings. The molecule has 0 radical (unpaired) electrons. The number of ether oxygens (including phenoxy) is 1. The van der Waals surface area contributed by atoms with Crippen LogP contribution in [0, 0.1) is 11.3 Å². The maximum absolute atomic E-state index is 9.30. The van der Waals surface area contributed by atoms with Gasteiger partial charge in [-0.2, -0.15) is 5.26 Å². The van der Waals surface area contributed by atoms with Crippen molar-refractivity contribution in [1.82, 2.24) is 4.90 Å². The lowest BCUT2D eigenvalue weighted by Crippen LogP contribution is -2.40. The Kier molecular flexibility index (Phi) is 4.01. The summed E-state index contributed by atoms with van der Waals surface area (Å²) in [5, 5.41) is 17.6. The standard InChI is InChI=1S/C8H14N2O2/c9-2-1-8(11)7-10-3-5-12-6-4-10/h8,11H,1,3-7H2. The lowest BCUT2D eigenvalue weighted by atomic mass is 10.2. The molecule has 1 heterocycles. The summed E-state index contributed by atoms with van der Waals surface area (Å²) in [5.41, 5.74) is 0. The van der Waals surface area contributed by atoms with E-state index < -0.39 is 6.10 Å². The first-order chi connectivity index (χ1) is 5.83. The Balaban J connectivity index is 2.16. The van der Waals surface area contributed by atoms with E-state index in [2.05, 4.69) is 4.90 Å². The minimum absolute atomic E-state index is 0.220. The van der Waals surface area contributed by atoms with E-state index in [4.69, 9.17) is 10.00 Å². The Morgan fingerprint density at radius 1 is 1.50 bits per heavy atom. The molecule has 0 bridgehead atoms. The molecule has 1 N–H and O–H groups in total. The number of β-amino-alcohol motifs (C(OH)–C–C–N with tert-alkyl or cyclic N) is 1. The summed E-state index contributed by atoms with van der Waals surface area (Å²) in [5.74, 6) is 0. The first-order valence-corrected chi connectivity index (χ1v) is 4.18. The van der Waals surface area contributed by atoms with Crippen LogP contribution in [0.1, 0.15) is 6.42 Å². The van der Waals surface area contributed by atoms with Gasteiger partial charge in [-0.05, 0) is 0 Å². The van der Waals surface area contributed by atoms with Gasteiger partial charge in [0, 0.05) is 19.6 Å². The maximum atomic E-state index is 9.30. The molecule has 1 aliphatic heterocycles. The third kappa shape index (κ3) is 3.18. The second kappa shape index (κ2) is 5.09. The van der Waals surface area contributed by atoms with Gasteiger partial charge in [-0.25, -0.2) is 0 Å². The van der Waals surface area contributed by atoms with Crippen LogP contribution < -0.4 is 0 Å². The van der Waals surface area contributed by atoms with Crippen molar-refractivity contribution in [2.24, 2.45) is 0 Å². The second-order valence-corrected chi connectivity index (χ2v) is 2.93. The van der Waals surface area contributed by atoms with E-state index in [1.54, 1.807) is 0 Å². The van der Waals surface area contributed by atoms with Gasteiger partial charge in [-0.3, -0.25) is 4.90 Å². The second-order valence-electron chi connectivity index (χ2n) is 2.93. The van der Waals surface area contributed by atoms with E-state index in [0.717, 1.165) is 26.3 Å². The molecular formula is C8H14N2O2. The topological polar surface area (TPSA) is 56.5 Å². The van der Waals surface area contributed by atoms with Gasteiger partial charge in [0.1, 0.15) is 0 Å². The lowest BCUT2D eigenvalue weighted by molar-refractivity contribution is 0.0156. The molecule has 0 amide bonds. The fourth-order valence-corrected chi connectivity index (χ4v) is 1.25. The van der Waals surface area contributed by atoms with E-state index in [9.17, 15) is 5.11 Å². The molecule has 1 unspecified atom stereocenters. The summed E-state index contributed by atoms with van der Waals surface area (Å²) in [4.78, 5) is 2.12. The molecule has 0 saturated carbocycles. The molecule has 0 aromatic heterocycles. The van der Waals surface area contributed by atoms with Crippen LogP contribution in [-0.4, -0.2) is 49.0 Å². The number of aliphatic hydroxyl groups is 1. The normalized spacial score (nSPS) is 21.7. The zero-order valence-corrected chi connectivity index (χ0v) is 7.07. The minimum atomic E-state index is -0.506. The molecule has 1 atom stereocenters. The van der Waals surface area contributed by atoms with Crippen LogP contribution in [-0.2, 0) is 4.74 Å². The van der Waals surface area contributed by atoms with Crippen molar-refractivity contribution in [3.8, 4) is 6.07 Å². The summed E-state index contributed by atoms with van der Waals surface area (Å²) in [6, 6.07) is 1.95. The van der Waals surface area contributed by atoms with Crippen LogP contribution in [0.3, 0.4) is 0 Å². The Bertz CT molecular complexity index is 161. The molecule has 4 nitrogen and oxygen atoms in total. The molecule has 4 heteroatoms. The SMILES string of the molecule is N#CCC(O)CN1CCOCC1. The van der Waals surface area contributed by atoms with Crippen molar-refractivity contribution in [3.63, 3.8) is 0 Å². The van der Waals surface area contributed by atoms with Gasteiger partial charge < -0.3 is 9.84 Å². The van der Waals surface area contributed by atoms with Crippen molar-refractivity contribution in [2.45, 2.75) is 12.5 Å². The summed E-state index contributed by atoms with van der Waals surface area (Å²) in [6.07, 6.45) is -0.287. The first-order valence-electron chi connectivity index (χ1n) is 4.18. The smallest absolute Gasteiger partial charge is 0.0796 e. The van der Waals surface area contributed by atoms with E-state index in [0.29, 0.717) is 6.54 Å². The van der Waals surface area contributed by atoms with Gasteiger partial charge >= 0.3 is 0 Å². The summed E-state index contributed by atoms with van der Waals surface area (Å²) >= 11 is 0. The van der Waals surface area contributed by atoms with Crippen LogP contribution in [0.4, 0.5) is 0 Å². The molecule has 68 valence electrons. The zero-order valence-electron chi connectivity index (χ0n) is 7.07. The maximum Gasteiger partial charge on any atom is 0.0796 e. The Labute approximate surface area is 72.3 Å². The van der Waals surface area contributed by atoms with E-state index >= 15 is 0 Å². The van der Waals surface area contributed by atoms with Crippen LogP contribution in [0.5, 0.6) is 0 Å². The summed E-state index contributed by atoms with van der Waals surface area (Å²) in [7, 11) is 0. The number of hydrogen-bond acceptors (Lipinski definition) is 4. The molecule has 0 aromatic carbocycles. The average Bonchev–Trinajstić information content (AvgIpc) is 2.06. The van der Waals surface area contributed by atoms with Crippen molar-refractivity contribution < 1.29 is 9.84 Å². The largest absolute Gasteiger partial charge is 0.391 e.